The SMILES string of the molecule is CC1Cc2cc(N3C[C@H](CNC(=O)c4ccc(Cl)s4)OC3=O)ccc2CN1C. The lowest BCUT2D eigenvalue weighted by Gasteiger charge is -2.32. The van der Waals surface area contributed by atoms with Gasteiger partial charge in [0.25, 0.3) is 5.91 Å². The number of nitrogens with zero attached hydrogens (tertiary/aromatic N) is 2. The summed E-state index contributed by atoms with van der Waals surface area (Å²) in [5.74, 6) is -0.210. The van der Waals surface area contributed by atoms with Gasteiger partial charge in [-0.1, -0.05) is 17.7 Å². The number of hydrogen-bond donors (Lipinski definition) is 1. The van der Waals surface area contributed by atoms with E-state index < -0.39 is 0 Å². The lowest BCUT2D eigenvalue weighted by molar-refractivity contribution is 0.0920. The van der Waals surface area contributed by atoms with Crippen LogP contribution >= 0.6 is 22.9 Å². The second-order valence-electron chi connectivity index (χ2n) is 7.35. The Kier molecular flexibility index (Phi) is 5.31. The molecular weight excluding hydrogens is 398 g/mol. The molecule has 0 bridgehead atoms. The third-order valence-electron chi connectivity index (χ3n) is 5.35. The number of ether oxygens (including phenoxy) is 1. The molecule has 0 saturated carbocycles. The molecule has 1 saturated heterocycles. The maximum atomic E-state index is 12.4. The molecule has 2 aliphatic rings. The van der Waals surface area contributed by atoms with E-state index in [0.717, 1.165) is 18.7 Å². The first kappa shape index (κ1) is 19.2. The average molecular weight is 420 g/mol. The Morgan fingerprint density at radius 1 is 1.32 bits per heavy atom. The van der Waals surface area contributed by atoms with Crippen molar-refractivity contribution in [1.82, 2.24) is 10.2 Å². The smallest absolute Gasteiger partial charge is 0.414 e. The lowest BCUT2D eigenvalue weighted by Crippen LogP contribution is -2.35. The molecule has 0 radical (unpaired) electrons. The molecule has 4 rings (SSSR count). The minimum atomic E-state index is -0.382. The van der Waals surface area contributed by atoms with Crippen molar-refractivity contribution in [3.63, 3.8) is 0 Å². The zero-order valence-corrected chi connectivity index (χ0v) is 17.3. The molecule has 2 aliphatic heterocycles. The van der Waals surface area contributed by atoms with Gasteiger partial charge in [-0.15, -0.1) is 11.3 Å². The minimum absolute atomic E-state index is 0.210. The number of benzene rings is 1. The molecular formula is C20H22ClN3O3S. The first-order valence-electron chi connectivity index (χ1n) is 9.24. The summed E-state index contributed by atoms with van der Waals surface area (Å²) in [5.41, 5.74) is 3.43. The van der Waals surface area contributed by atoms with Gasteiger partial charge in [-0.05, 0) is 55.8 Å². The summed E-state index contributed by atoms with van der Waals surface area (Å²) in [4.78, 5) is 29.0. The fourth-order valence-electron chi connectivity index (χ4n) is 3.59. The fraction of sp³-hybridized carbons (Fsp3) is 0.400. The Morgan fingerprint density at radius 2 is 2.14 bits per heavy atom. The van der Waals surface area contributed by atoms with Crippen LogP contribution in [0.1, 0.15) is 27.7 Å². The standard InChI is InChI=1S/C20H22ClN3O3S/c1-12-7-14-8-15(4-3-13(14)10-23(12)2)24-11-16(27-20(24)26)9-22-19(25)17-5-6-18(21)28-17/h3-6,8,12,16H,7,9-11H2,1-2H3,(H,22,25)/t12?,16-/m0/s1. The van der Waals surface area contributed by atoms with E-state index in [4.69, 9.17) is 16.3 Å². The Labute approximate surface area is 173 Å². The normalized spacial score (nSPS) is 22.1. The molecule has 28 heavy (non-hydrogen) atoms. The van der Waals surface area contributed by atoms with Crippen molar-refractivity contribution in [3.05, 3.63) is 50.7 Å². The molecule has 1 N–H and O–H groups in total. The van der Waals surface area contributed by atoms with Crippen LogP contribution in [0.15, 0.2) is 30.3 Å². The predicted octanol–water partition coefficient (Wildman–Crippen LogP) is 3.53. The number of carbonyl (C=O) groups is 2. The zero-order valence-electron chi connectivity index (χ0n) is 15.8. The highest BCUT2D eigenvalue weighted by molar-refractivity contribution is 7.17. The van der Waals surface area contributed by atoms with Gasteiger partial charge in [-0.3, -0.25) is 14.6 Å². The van der Waals surface area contributed by atoms with Crippen LogP contribution < -0.4 is 10.2 Å². The highest BCUT2D eigenvalue weighted by atomic mass is 35.5. The van der Waals surface area contributed by atoms with Crippen molar-refractivity contribution in [3.8, 4) is 0 Å². The van der Waals surface area contributed by atoms with E-state index in [1.54, 1.807) is 17.0 Å². The maximum Gasteiger partial charge on any atom is 0.414 e. The topological polar surface area (TPSA) is 61.9 Å². The van der Waals surface area contributed by atoms with E-state index >= 15 is 0 Å². The zero-order chi connectivity index (χ0) is 19.8. The van der Waals surface area contributed by atoms with Gasteiger partial charge in [0.1, 0.15) is 6.10 Å². The first-order chi connectivity index (χ1) is 13.4. The van der Waals surface area contributed by atoms with E-state index in [1.165, 1.54) is 22.5 Å². The highest BCUT2D eigenvalue weighted by Crippen LogP contribution is 2.29. The third kappa shape index (κ3) is 3.87. The van der Waals surface area contributed by atoms with E-state index in [1.807, 2.05) is 6.07 Å². The van der Waals surface area contributed by atoms with Gasteiger partial charge in [0, 0.05) is 18.3 Å². The summed E-state index contributed by atoms with van der Waals surface area (Å²) in [7, 11) is 2.13. The first-order valence-corrected chi connectivity index (χ1v) is 10.4. The predicted molar refractivity (Wildman–Crippen MR) is 110 cm³/mol. The van der Waals surface area contributed by atoms with Gasteiger partial charge in [0.15, 0.2) is 0 Å². The Balaban J connectivity index is 1.40. The lowest BCUT2D eigenvalue weighted by atomic mass is 9.94. The van der Waals surface area contributed by atoms with Crippen LogP contribution in [0.4, 0.5) is 10.5 Å². The van der Waals surface area contributed by atoms with Crippen molar-refractivity contribution >= 4 is 40.6 Å². The van der Waals surface area contributed by atoms with Crippen molar-refractivity contribution < 1.29 is 14.3 Å². The van der Waals surface area contributed by atoms with Crippen LogP contribution in [0.3, 0.4) is 0 Å². The monoisotopic (exact) mass is 419 g/mol. The Bertz CT molecular complexity index is 916. The number of thiophene rings is 1. The van der Waals surface area contributed by atoms with E-state index in [9.17, 15) is 9.59 Å². The van der Waals surface area contributed by atoms with Crippen LogP contribution in [0, 0.1) is 0 Å². The number of anilines is 1. The minimum Gasteiger partial charge on any atom is -0.442 e. The molecule has 0 spiro atoms. The number of carbonyl (C=O) groups excluding carboxylic acids is 2. The van der Waals surface area contributed by atoms with Crippen LogP contribution in [0.25, 0.3) is 0 Å². The number of nitrogens with one attached hydrogen (secondary N) is 1. The van der Waals surface area contributed by atoms with Crippen LogP contribution in [0.5, 0.6) is 0 Å². The third-order valence-corrected chi connectivity index (χ3v) is 6.58. The second kappa shape index (κ2) is 7.73. The number of fused-ring (bicyclic) bond motifs is 1. The maximum absolute atomic E-state index is 12.4. The molecule has 6 nitrogen and oxygen atoms in total. The van der Waals surface area contributed by atoms with Gasteiger partial charge in [-0.25, -0.2) is 4.79 Å². The summed E-state index contributed by atoms with van der Waals surface area (Å²) >= 11 is 7.09. The fourth-order valence-corrected chi connectivity index (χ4v) is 4.55. The summed E-state index contributed by atoms with van der Waals surface area (Å²) < 4.78 is 6.01. The molecule has 8 heteroatoms. The number of rotatable bonds is 4. The highest BCUT2D eigenvalue weighted by Gasteiger charge is 2.33. The molecule has 1 fully saturated rings. The molecule has 2 atom stereocenters. The van der Waals surface area contributed by atoms with Gasteiger partial charge < -0.3 is 10.1 Å². The molecule has 1 aromatic heterocycles. The average Bonchev–Trinajstić information content (AvgIpc) is 3.26. The largest absolute Gasteiger partial charge is 0.442 e. The molecule has 3 heterocycles. The molecule has 1 aromatic carbocycles. The van der Waals surface area contributed by atoms with Crippen molar-refractivity contribution in [2.24, 2.45) is 0 Å². The van der Waals surface area contributed by atoms with E-state index in [0.29, 0.717) is 21.8 Å². The van der Waals surface area contributed by atoms with Gasteiger partial charge in [0.2, 0.25) is 0 Å². The summed E-state index contributed by atoms with van der Waals surface area (Å²) in [5, 5.41) is 2.81. The van der Waals surface area contributed by atoms with E-state index in [2.05, 4.69) is 36.3 Å². The summed E-state index contributed by atoms with van der Waals surface area (Å²) in [6.07, 6.45) is 0.207. The summed E-state index contributed by atoms with van der Waals surface area (Å²) in [6.45, 7) is 3.81. The van der Waals surface area contributed by atoms with Gasteiger partial charge in [0.05, 0.1) is 22.3 Å². The number of amides is 2. The number of cyclic esters (lactones) is 1. The second-order valence-corrected chi connectivity index (χ2v) is 9.07. The molecule has 2 aromatic rings. The van der Waals surface area contributed by atoms with Crippen molar-refractivity contribution in [2.75, 3.05) is 25.0 Å². The molecule has 2 amide bonds. The van der Waals surface area contributed by atoms with Gasteiger partial charge >= 0.3 is 6.09 Å². The van der Waals surface area contributed by atoms with Crippen molar-refractivity contribution in [1.29, 1.82) is 0 Å². The van der Waals surface area contributed by atoms with Crippen LogP contribution in [0.2, 0.25) is 4.34 Å². The quantitative estimate of drug-likeness (QED) is 0.823. The Hall–Kier alpha value is -2.09. The molecule has 0 aliphatic carbocycles. The van der Waals surface area contributed by atoms with Gasteiger partial charge in [-0.2, -0.15) is 0 Å². The summed E-state index contributed by atoms with van der Waals surface area (Å²) in [6, 6.07) is 10.00. The van der Waals surface area contributed by atoms with Crippen LogP contribution in [-0.2, 0) is 17.7 Å². The van der Waals surface area contributed by atoms with Crippen molar-refractivity contribution in [2.45, 2.75) is 32.0 Å². The number of hydrogen-bond acceptors (Lipinski definition) is 5. The van der Waals surface area contributed by atoms with Crippen LogP contribution in [-0.4, -0.2) is 49.2 Å². The Morgan fingerprint density at radius 3 is 2.89 bits per heavy atom. The molecule has 1 unspecified atom stereocenters. The number of halogens is 1. The molecule has 148 valence electrons. The number of likely N-dealkylation sites (N-methyl/N-ethyl adjacent to an activating group) is 1. The van der Waals surface area contributed by atoms with E-state index in [-0.39, 0.29) is 24.6 Å².